The first-order valence-corrected chi connectivity index (χ1v) is 15.4. The predicted molar refractivity (Wildman–Crippen MR) is 170 cm³/mol. The fourth-order valence-corrected chi connectivity index (χ4v) is 4.92. The summed E-state index contributed by atoms with van der Waals surface area (Å²) >= 11 is 6.16. The molecule has 0 heterocycles. The molecule has 0 aliphatic heterocycles. The molecule has 2 amide bonds. The lowest BCUT2D eigenvalue weighted by atomic mass is 10.0. The van der Waals surface area contributed by atoms with Gasteiger partial charge in [-0.1, -0.05) is 125 Å². The van der Waals surface area contributed by atoms with Crippen LogP contribution in [-0.2, 0) is 9.59 Å². The third kappa shape index (κ3) is 11.3. The minimum Gasteiger partial charge on any atom is -0.422 e. The van der Waals surface area contributed by atoms with Crippen LogP contribution in [-0.4, -0.2) is 30.5 Å². The zero-order valence-electron chi connectivity index (χ0n) is 24.5. The summed E-state index contributed by atoms with van der Waals surface area (Å²) in [6.45, 7) is 2.07. The monoisotopic (exact) mass is 591 g/mol. The summed E-state index contributed by atoms with van der Waals surface area (Å²) < 4.78 is 5.66. The number of amides is 2. The molecule has 42 heavy (non-hydrogen) atoms. The second kappa shape index (κ2) is 18.7. The first-order chi connectivity index (χ1) is 20.5. The third-order valence-electron chi connectivity index (χ3n) is 7.06. The summed E-state index contributed by atoms with van der Waals surface area (Å²) in [5, 5.41) is 8.71. The summed E-state index contributed by atoms with van der Waals surface area (Å²) in [7, 11) is 0. The molecule has 0 saturated carbocycles. The Morgan fingerprint density at radius 2 is 1.43 bits per heavy atom. The van der Waals surface area contributed by atoms with Crippen LogP contribution in [0.5, 0.6) is 5.75 Å². The number of rotatable bonds is 18. The zero-order valence-corrected chi connectivity index (χ0v) is 25.3. The van der Waals surface area contributed by atoms with Gasteiger partial charge in [-0.05, 0) is 35.4 Å². The average molecular weight is 592 g/mol. The lowest BCUT2D eigenvalue weighted by Crippen LogP contribution is -2.34. The highest BCUT2D eigenvalue weighted by Gasteiger charge is 2.16. The number of carbonyl (C=O) groups excluding carboxylic acids is 3. The molecule has 0 unspecified atom stereocenters. The van der Waals surface area contributed by atoms with Crippen molar-refractivity contribution in [3.05, 3.63) is 76.8 Å². The van der Waals surface area contributed by atoms with Gasteiger partial charge in [0.15, 0.2) is 0 Å². The predicted octanol–water partition coefficient (Wildman–Crippen LogP) is 7.98. The van der Waals surface area contributed by atoms with Crippen LogP contribution in [0.1, 0.15) is 99.9 Å². The summed E-state index contributed by atoms with van der Waals surface area (Å²) in [5.74, 6) is -0.923. The van der Waals surface area contributed by atoms with Gasteiger partial charge in [-0.2, -0.15) is 5.10 Å². The maximum Gasteiger partial charge on any atom is 0.345 e. The van der Waals surface area contributed by atoms with Gasteiger partial charge in [-0.15, -0.1) is 0 Å². The molecule has 0 fully saturated rings. The van der Waals surface area contributed by atoms with E-state index in [4.69, 9.17) is 16.3 Å². The molecular formula is C34H42ClN3O4. The molecule has 3 rings (SSSR count). The van der Waals surface area contributed by atoms with Crippen LogP contribution >= 0.6 is 11.6 Å². The number of ether oxygens (including phenoxy) is 1. The number of unbranched alkanes of at least 4 members (excludes halogenated alkanes) is 10. The number of hydrogen-bond donors (Lipinski definition) is 2. The zero-order chi connectivity index (χ0) is 30.0. The van der Waals surface area contributed by atoms with Crippen molar-refractivity contribution in [2.75, 3.05) is 6.54 Å². The molecular weight excluding hydrogens is 550 g/mol. The van der Waals surface area contributed by atoms with Gasteiger partial charge in [0.25, 0.3) is 5.91 Å². The lowest BCUT2D eigenvalue weighted by Gasteiger charge is -2.11. The Bertz CT molecular complexity index is 1340. The van der Waals surface area contributed by atoms with E-state index in [0.29, 0.717) is 12.0 Å². The van der Waals surface area contributed by atoms with Crippen LogP contribution in [0.4, 0.5) is 0 Å². The number of hydrogen-bond acceptors (Lipinski definition) is 5. The maximum absolute atomic E-state index is 12.8. The van der Waals surface area contributed by atoms with Crippen LogP contribution in [0.15, 0.2) is 65.8 Å². The molecule has 3 aromatic carbocycles. The second-order valence-corrected chi connectivity index (χ2v) is 10.8. The summed E-state index contributed by atoms with van der Waals surface area (Å²) in [6.07, 6.45) is 15.3. The maximum atomic E-state index is 12.8. The summed E-state index contributed by atoms with van der Waals surface area (Å²) in [4.78, 5) is 37.2. The van der Waals surface area contributed by atoms with E-state index < -0.39 is 11.9 Å². The molecule has 0 aliphatic carbocycles. The molecule has 2 N–H and O–H groups in total. The van der Waals surface area contributed by atoms with E-state index in [9.17, 15) is 14.4 Å². The third-order valence-corrected chi connectivity index (χ3v) is 7.39. The molecule has 0 atom stereocenters. The minimum absolute atomic E-state index is 0.145. The Morgan fingerprint density at radius 3 is 2.14 bits per heavy atom. The molecule has 0 aromatic heterocycles. The van der Waals surface area contributed by atoms with Gasteiger partial charge in [0, 0.05) is 12.0 Å². The molecule has 0 saturated heterocycles. The van der Waals surface area contributed by atoms with Crippen LogP contribution in [0.3, 0.4) is 0 Å². The highest BCUT2D eigenvalue weighted by molar-refractivity contribution is 6.33. The normalized spacial score (nSPS) is 11.1. The largest absolute Gasteiger partial charge is 0.422 e. The molecule has 8 heteroatoms. The topological polar surface area (TPSA) is 96.9 Å². The number of fused-ring (bicyclic) bond motifs is 1. The number of carbonyl (C=O) groups is 3. The van der Waals surface area contributed by atoms with Gasteiger partial charge in [-0.3, -0.25) is 9.59 Å². The Hall–Kier alpha value is -3.71. The molecule has 3 aromatic rings. The quantitative estimate of drug-likeness (QED) is 0.0515. The molecule has 7 nitrogen and oxygen atoms in total. The van der Waals surface area contributed by atoms with Crippen molar-refractivity contribution in [3.8, 4) is 5.75 Å². The van der Waals surface area contributed by atoms with Crippen LogP contribution in [0, 0.1) is 0 Å². The molecule has 0 aliphatic rings. The van der Waals surface area contributed by atoms with E-state index in [2.05, 4.69) is 22.8 Å². The number of esters is 1. The Morgan fingerprint density at radius 1 is 0.786 bits per heavy atom. The van der Waals surface area contributed by atoms with Gasteiger partial charge >= 0.3 is 5.97 Å². The molecule has 0 spiro atoms. The van der Waals surface area contributed by atoms with E-state index in [-0.39, 0.29) is 28.8 Å². The highest BCUT2D eigenvalue weighted by atomic mass is 35.5. The standard InChI is InChI=1S/C34H42ClN3O4/c1-2-3-4-5-6-7-8-9-10-11-12-21-32(39)36-25-33(40)38-37-24-29-27-18-14-13-17-26(27)22-23-31(29)42-34(41)28-19-15-16-20-30(28)35/h13-20,22-24H,2-12,21,25H2,1H3,(H,36,39)(H,38,40)/b37-24-. The van der Waals surface area contributed by atoms with Gasteiger partial charge in [-0.25, -0.2) is 10.2 Å². The number of nitrogens with one attached hydrogen (secondary N) is 2. The van der Waals surface area contributed by atoms with E-state index in [1.807, 2.05) is 30.3 Å². The first-order valence-electron chi connectivity index (χ1n) is 15.1. The average Bonchev–Trinajstić information content (AvgIpc) is 2.99. The molecule has 0 bridgehead atoms. The number of hydrazone groups is 1. The van der Waals surface area contributed by atoms with Crippen molar-refractivity contribution in [1.29, 1.82) is 0 Å². The molecule has 0 radical (unpaired) electrons. The number of halogens is 1. The van der Waals surface area contributed by atoms with Crippen molar-refractivity contribution in [1.82, 2.24) is 10.7 Å². The van der Waals surface area contributed by atoms with Gasteiger partial charge < -0.3 is 10.1 Å². The van der Waals surface area contributed by atoms with E-state index >= 15 is 0 Å². The lowest BCUT2D eigenvalue weighted by molar-refractivity contribution is -0.126. The van der Waals surface area contributed by atoms with Crippen LogP contribution in [0.25, 0.3) is 10.8 Å². The van der Waals surface area contributed by atoms with E-state index in [1.165, 1.54) is 57.6 Å². The smallest absolute Gasteiger partial charge is 0.345 e. The van der Waals surface area contributed by atoms with Gasteiger partial charge in [0.2, 0.25) is 5.91 Å². The van der Waals surface area contributed by atoms with Crippen molar-refractivity contribution in [3.63, 3.8) is 0 Å². The SMILES string of the molecule is CCCCCCCCCCCCCC(=O)NCC(=O)N/N=C\c1c(OC(=O)c2ccccc2Cl)ccc2ccccc12. The highest BCUT2D eigenvalue weighted by Crippen LogP contribution is 2.28. The Kier molecular flexibility index (Phi) is 14.6. The molecule has 224 valence electrons. The van der Waals surface area contributed by atoms with Crippen molar-refractivity contribution >= 4 is 46.4 Å². The van der Waals surface area contributed by atoms with Crippen LogP contribution in [0.2, 0.25) is 5.02 Å². The minimum atomic E-state index is -0.602. The van der Waals surface area contributed by atoms with Crippen molar-refractivity contribution in [2.45, 2.75) is 84.0 Å². The van der Waals surface area contributed by atoms with Gasteiger partial charge in [0.1, 0.15) is 5.75 Å². The second-order valence-electron chi connectivity index (χ2n) is 10.4. The van der Waals surface area contributed by atoms with Crippen molar-refractivity contribution < 1.29 is 19.1 Å². The fourth-order valence-electron chi connectivity index (χ4n) is 4.70. The van der Waals surface area contributed by atoms with Crippen LogP contribution < -0.4 is 15.5 Å². The Labute approximate surface area is 254 Å². The van der Waals surface area contributed by atoms with E-state index in [0.717, 1.165) is 30.0 Å². The first kappa shape index (κ1) is 32.8. The Balaban J connectivity index is 1.42. The number of nitrogens with zero attached hydrogens (tertiary/aromatic N) is 1. The van der Waals surface area contributed by atoms with E-state index in [1.54, 1.807) is 30.3 Å². The van der Waals surface area contributed by atoms with Gasteiger partial charge in [0.05, 0.1) is 23.3 Å². The van der Waals surface area contributed by atoms with Crippen molar-refractivity contribution in [2.24, 2.45) is 5.10 Å². The fraction of sp³-hybridized carbons (Fsp3) is 0.412. The summed E-state index contributed by atoms with van der Waals surface area (Å²) in [6, 6.07) is 17.7. The summed E-state index contributed by atoms with van der Waals surface area (Å²) in [5.41, 5.74) is 3.20. The number of benzene rings is 3.